The van der Waals surface area contributed by atoms with Crippen molar-refractivity contribution in [2.75, 3.05) is 6.26 Å². The molecule has 0 aromatic heterocycles. The molecular formula is C12H17FN2O3S. The molecular weight excluding hydrogens is 271 g/mol. The smallest absolute Gasteiger partial charge is 0.237 e. The van der Waals surface area contributed by atoms with Gasteiger partial charge in [0.2, 0.25) is 5.91 Å². The van der Waals surface area contributed by atoms with Gasteiger partial charge in [0.15, 0.2) is 9.84 Å². The first-order valence-electron chi connectivity index (χ1n) is 5.68. The highest BCUT2D eigenvalue weighted by atomic mass is 32.2. The van der Waals surface area contributed by atoms with Gasteiger partial charge in [0.05, 0.1) is 12.1 Å². The third kappa shape index (κ3) is 4.00. The van der Waals surface area contributed by atoms with Gasteiger partial charge in [0.25, 0.3) is 0 Å². The summed E-state index contributed by atoms with van der Waals surface area (Å²) in [4.78, 5) is 11.1. The van der Waals surface area contributed by atoms with Crippen molar-refractivity contribution in [2.24, 2.45) is 5.73 Å². The summed E-state index contributed by atoms with van der Waals surface area (Å²) in [6.07, 6.45) is 0.937. The molecule has 7 heteroatoms. The van der Waals surface area contributed by atoms with Gasteiger partial charge in [-0.3, -0.25) is 4.79 Å². The second kappa shape index (κ2) is 5.66. The molecule has 0 bridgehead atoms. The number of nitrogens with one attached hydrogen (secondary N) is 1. The van der Waals surface area contributed by atoms with E-state index in [-0.39, 0.29) is 10.8 Å². The molecule has 106 valence electrons. The highest BCUT2D eigenvalue weighted by molar-refractivity contribution is 7.90. The van der Waals surface area contributed by atoms with E-state index in [4.69, 9.17) is 5.73 Å². The van der Waals surface area contributed by atoms with Crippen LogP contribution in [0, 0.1) is 5.82 Å². The second-order valence-corrected chi connectivity index (χ2v) is 6.47. The van der Waals surface area contributed by atoms with Crippen LogP contribution in [0.1, 0.15) is 25.5 Å². The molecule has 1 amide bonds. The van der Waals surface area contributed by atoms with Crippen LogP contribution < -0.4 is 11.1 Å². The van der Waals surface area contributed by atoms with E-state index in [1.54, 1.807) is 6.92 Å². The molecule has 0 radical (unpaired) electrons. The third-order valence-corrected chi connectivity index (χ3v) is 3.76. The maximum atomic E-state index is 13.7. The summed E-state index contributed by atoms with van der Waals surface area (Å²) in [5.74, 6) is -1.19. The van der Waals surface area contributed by atoms with E-state index in [2.05, 4.69) is 5.32 Å². The number of rotatable bonds is 4. The molecule has 2 atom stereocenters. The minimum atomic E-state index is -3.59. The Kier molecular flexibility index (Phi) is 4.65. The topological polar surface area (TPSA) is 89.3 Å². The summed E-state index contributed by atoms with van der Waals surface area (Å²) in [6.45, 7) is 3.20. The molecule has 0 saturated heterocycles. The summed E-state index contributed by atoms with van der Waals surface area (Å²) in [7, 11) is -3.59. The maximum absolute atomic E-state index is 13.7. The van der Waals surface area contributed by atoms with E-state index < -0.39 is 27.7 Å². The van der Waals surface area contributed by atoms with Gasteiger partial charge in [0, 0.05) is 6.26 Å². The van der Waals surface area contributed by atoms with Crippen molar-refractivity contribution in [1.82, 2.24) is 5.32 Å². The zero-order valence-corrected chi connectivity index (χ0v) is 11.8. The summed E-state index contributed by atoms with van der Waals surface area (Å²) < 4.78 is 36.2. The van der Waals surface area contributed by atoms with E-state index >= 15 is 0 Å². The van der Waals surface area contributed by atoms with Crippen LogP contribution in [0.3, 0.4) is 0 Å². The zero-order valence-electron chi connectivity index (χ0n) is 11.0. The predicted octanol–water partition coefficient (Wildman–Crippen LogP) is 0.754. The summed E-state index contributed by atoms with van der Waals surface area (Å²) in [6, 6.07) is 2.63. The molecule has 0 aliphatic carbocycles. The molecule has 5 nitrogen and oxygen atoms in total. The number of halogens is 1. The normalized spacial score (nSPS) is 14.8. The molecule has 3 N–H and O–H groups in total. The van der Waals surface area contributed by atoms with E-state index in [0.717, 1.165) is 12.3 Å². The SMILES string of the molecule is CC(NC(=O)[C@@H](C)N)c1ccc(S(C)(=O)=O)c(F)c1. The maximum Gasteiger partial charge on any atom is 0.237 e. The fraction of sp³-hybridized carbons (Fsp3) is 0.417. The number of amides is 1. The molecule has 19 heavy (non-hydrogen) atoms. The summed E-state index contributed by atoms with van der Waals surface area (Å²) >= 11 is 0. The summed E-state index contributed by atoms with van der Waals surface area (Å²) in [5.41, 5.74) is 5.88. The largest absolute Gasteiger partial charge is 0.348 e. The van der Waals surface area contributed by atoms with Crippen molar-refractivity contribution in [3.05, 3.63) is 29.6 Å². The monoisotopic (exact) mass is 288 g/mol. The first-order chi connectivity index (χ1) is 8.62. The van der Waals surface area contributed by atoms with Crippen molar-refractivity contribution < 1.29 is 17.6 Å². The quantitative estimate of drug-likeness (QED) is 0.855. The van der Waals surface area contributed by atoms with E-state index in [9.17, 15) is 17.6 Å². The number of hydrogen-bond acceptors (Lipinski definition) is 4. The Balaban J connectivity index is 2.99. The Bertz CT molecular complexity index is 585. The first kappa shape index (κ1) is 15.6. The zero-order chi connectivity index (χ0) is 14.8. The molecule has 0 fully saturated rings. The van der Waals surface area contributed by atoms with Gasteiger partial charge in [-0.2, -0.15) is 0 Å². The Labute approximate surface area is 111 Å². The van der Waals surface area contributed by atoms with Crippen LogP contribution in [-0.2, 0) is 14.6 Å². The Hall–Kier alpha value is -1.47. The van der Waals surface area contributed by atoms with Gasteiger partial charge in [-0.25, -0.2) is 12.8 Å². The number of hydrogen-bond donors (Lipinski definition) is 2. The number of carbonyl (C=O) groups is 1. The first-order valence-corrected chi connectivity index (χ1v) is 7.57. The lowest BCUT2D eigenvalue weighted by atomic mass is 10.1. The van der Waals surface area contributed by atoms with Gasteiger partial charge in [-0.05, 0) is 31.5 Å². The van der Waals surface area contributed by atoms with Gasteiger partial charge in [-0.1, -0.05) is 6.07 Å². The second-order valence-electron chi connectivity index (χ2n) is 4.48. The van der Waals surface area contributed by atoms with Crippen molar-refractivity contribution in [3.8, 4) is 0 Å². The number of sulfone groups is 1. The third-order valence-electron chi connectivity index (χ3n) is 2.63. The van der Waals surface area contributed by atoms with E-state index in [1.807, 2.05) is 0 Å². The minimum absolute atomic E-state index is 0.359. The standard InChI is InChI=1S/C12H17FN2O3S/c1-7(14)12(16)15-8(2)9-4-5-11(10(13)6-9)19(3,17)18/h4-8H,14H2,1-3H3,(H,15,16)/t7-,8?/m1/s1. The van der Waals surface area contributed by atoms with E-state index in [1.165, 1.54) is 19.1 Å². The van der Waals surface area contributed by atoms with E-state index in [0.29, 0.717) is 5.56 Å². The lowest BCUT2D eigenvalue weighted by Crippen LogP contribution is -2.39. The van der Waals surface area contributed by atoms with Gasteiger partial charge in [-0.15, -0.1) is 0 Å². The molecule has 1 aromatic carbocycles. The molecule has 1 unspecified atom stereocenters. The average Bonchev–Trinajstić information content (AvgIpc) is 2.26. The highest BCUT2D eigenvalue weighted by Crippen LogP contribution is 2.20. The summed E-state index contributed by atoms with van der Waals surface area (Å²) in [5, 5.41) is 2.60. The number of nitrogens with two attached hydrogens (primary N) is 1. The Morgan fingerprint density at radius 1 is 1.37 bits per heavy atom. The van der Waals surface area contributed by atoms with Gasteiger partial charge >= 0.3 is 0 Å². The minimum Gasteiger partial charge on any atom is -0.348 e. The number of carbonyl (C=O) groups excluding carboxylic acids is 1. The number of benzene rings is 1. The molecule has 0 saturated carbocycles. The molecule has 1 aromatic rings. The van der Waals surface area contributed by atoms with Crippen LogP contribution in [0.4, 0.5) is 4.39 Å². The molecule has 1 rings (SSSR count). The van der Waals surface area contributed by atoms with Crippen molar-refractivity contribution in [3.63, 3.8) is 0 Å². The molecule has 0 spiro atoms. The Morgan fingerprint density at radius 2 is 1.95 bits per heavy atom. The molecule has 0 heterocycles. The molecule has 0 aliphatic heterocycles. The highest BCUT2D eigenvalue weighted by Gasteiger charge is 2.17. The lowest BCUT2D eigenvalue weighted by Gasteiger charge is -2.16. The van der Waals surface area contributed by atoms with Crippen LogP contribution in [0.5, 0.6) is 0 Å². The molecule has 0 aliphatic rings. The Morgan fingerprint density at radius 3 is 2.37 bits per heavy atom. The van der Waals surface area contributed by atoms with Crippen molar-refractivity contribution in [1.29, 1.82) is 0 Å². The van der Waals surface area contributed by atoms with Crippen LogP contribution in [0.25, 0.3) is 0 Å². The van der Waals surface area contributed by atoms with Crippen LogP contribution in [-0.4, -0.2) is 26.6 Å². The van der Waals surface area contributed by atoms with Crippen LogP contribution in [0.15, 0.2) is 23.1 Å². The fourth-order valence-corrected chi connectivity index (χ4v) is 2.24. The van der Waals surface area contributed by atoms with Gasteiger partial charge in [0.1, 0.15) is 10.7 Å². The van der Waals surface area contributed by atoms with Crippen molar-refractivity contribution in [2.45, 2.75) is 30.8 Å². The van der Waals surface area contributed by atoms with Crippen molar-refractivity contribution >= 4 is 15.7 Å². The van der Waals surface area contributed by atoms with Crippen LogP contribution >= 0.6 is 0 Å². The fourth-order valence-electron chi connectivity index (χ4n) is 1.52. The van der Waals surface area contributed by atoms with Gasteiger partial charge < -0.3 is 11.1 Å². The predicted molar refractivity (Wildman–Crippen MR) is 69.7 cm³/mol. The average molecular weight is 288 g/mol. The lowest BCUT2D eigenvalue weighted by molar-refractivity contribution is -0.122. The van der Waals surface area contributed by atoms with Crippen LogP contribution in [0.2, 0.25) is 0 Å².